The van der Waals surface area contributed by atoms with Gasteiger partial charge in [0.1, 0.15) is 5.82 Å². The number of hydrogen-bond acceptors (Lipinski definition) is 3. The summed E-state index contributed by atoms with van der Waals surface area (Å²) in [6.07, 6.45) is 1.79. The lowest BCUT2D eigenvalue weighted by atomic mass is 10.2. The Bertz CT molecular complexity index is 398. The maximum absolute atomic E-state index is 8.83. The topological polar surface area (TPSA) is 39.9 Å². The minimum absolute atomic E-state index is 0.0183. The molecule has 0 aliphatic heterocycles. The number of rotatable bonds is 4. The number of pyridine rings is 1. The van der Waals surface area contributed by atoms with Gasteiger partial charge < -0.3 is 4.90 Å². The second-order valence-electron chi connectivity index (χ2n) is 3.86. The molecule has 16 heavy (non-hydrogen) atoms. The Morgan fingerprint density at radius 2 is 2.31 bits per heavy atom. The quantitative estimate of drug-likeness (QED) is 0.851. The van der Waals surface area contributed by atoms with Crippen molar-refractivity contribution in [2.24, 2.45) is 5.92 Å². The number of anilines is 1. The predicted molar refractivity (Wildman–Crippen MR) is 69.3 cm³/mol. The van der Waals surface area contributed by atoms with Crippen molar-refractivity contribution in [2.45, 2.75) is 20.8 Å². The van der Waals surface area contributed by atoms with Gasteiger partial charge in [-0.15, -0.1) is 0 Å². The molecule has 0 N–H and O–H groups in total. The standard InChI is InChI=1S/C12H16BrN3/c1-4-16(8-9(2)6-14)12-10(3)5-11(13)7-15-12/h5,7,9H,4,8H2,1-3H3. The van der Waals surface area contributed by atoms with Crippen molar-refractivity contribution in [1.29, 1.82) is 5.26 Å². The molecule has 0 fully saturated rings. The van der Waals surface area contributed by atoms with E-state index >= 15 is 0 Å². The van der Waals surface area contributed by atoms with E-state index in [1.165, 1.54) is 0 Å². The first kappa shape index (κ1) is 13.0. The summed E-state index contributed by atoms with van der Waals surface area (Å²) in [5.41, 5.74) is 1.13. The van der Waals surface area contributed by atoms with Crippen molar-refractivity contribution >= 4 is 21.7 Å². The van der Waals surface area contributed by atoms with Gasteiger partial charge in [-0.3, -0.25) is 0 Å². The highest BCUT2D eigenvalue weighted by Gasteiger charge is 2.12. The van der Waals surface area contributed by atoms with Crippen LogP contribution in [0.4, 0.5) is 5.82 Å². The van der Waals surface area contributed by atoms with Gasteiger partial charge in [-0.1, -0.05) is 0 Å². The summed E-state index contributed by atoms with van der Waals surface area (Å²) in [6.45, 7) is 7.63. The summed E-state index contributed by atoms with van der Waals surface area (Å²) in [7, 11) is 0. The lowest BCUT2D eigenvalue weighted by Gasteiger charge is -2.24. The van der Waals surface area contributed by atoms with Crippen LogP contribution in [0.3, 0.4) is 0 Å². The molecule has 0 radical (unpaired) electrons. The van der Waals surface area contributed by atoms with E-state index < -0.39 is 0 Å². The molecule has 0 aliphatic carbocycles. The maximum atomic E-state index is 8.83. The van der Waals surface area contributed by atoms with Gasteiger partial charge in [0.2, 0.25) is 0 Å². The Hall–Kier alpha value is -1.08. The van der Waals surface area contributed by atoms with Gasteiger partial charge in [0, 0.05) is 23.8 Å². The second kappa shape index (κ2) is 5.86. The van der Waals surface area contributed by atoms with E-state index in [1.54, 1.807) is 6.20 Å². The van der Waals surface area contributed by atoms with E-state index in [0.717, 1.165) is 28.9 Å². The summed E-state index contributed by atoms with van der Waals surface area (Å²) < 4.78 is 0.984. The van der Waals surface area contributed by atoms with Crippen molar-refractivity contribution < 1.29 is 0 Å². The Kier molecular flexibility index (Phi) is 4.75. The Labute approximate surface area is 105 Å². The van der Waals surface area contributed by atoms with Gasteiger partial charge in [-0.25, -0.2) is 4.98 Å². The molecule has 0 saturated heterocycles. The monoisotopic (exact) mass is 281 g/mol. The fourth-order valence-corrected chi connectivity index (χ4v) is 2.05. The van der Waals surface area contributed by atoms with Crippen molar-refractivity contribution in [3.8, 4) is 6.07 Å². The average molecular weight is 282 g/mol. The molecule has 0 aliphatic rings. The smallest absolute Gasteiger partial charge is 0.131 e. The van der Waals surface area contributed by atoms with Crippen LogP contribution in [0.1, 0.15) is 19.4 Å². The Morgan fingerprint density at radius 3 is 2.81 bits per heavy atom. The minimum atomic E-state index is 0.0183. The van der Waals surface area contributed by atoms with Crippen molar-refractivity contribution in [1.82, 2.24) is 4.98 Å². The highest BCUT2D eigenvalue weighted by Crippen LogP contribution is 2.21. The number of hydrogen-bond donors (Lipinski definition) is 0. The van der Waals surface area contributed by atoms with Crippen LogP contribution in [-0.4, -0.2) is 18.1 Å². The predicted octanol–water partition coefficient (Wildman–Crippen LogP) is 3.14. The third kappa shape index (κ3) is 3.21. The molecular weight excluding hydrogens is 266 g/mol. The van der Waals surface area contributed by atoms with Crippen LogP contribution in [0.2, 0.25) is 0 Å². The fraction of sp³-hybridized carbons (Fsp3) is 0.500. The molecule has 1 aromatic rings. The van der Waals surface area contributed by atoms with Gasteiger partial charge in [0.15, 0.2) is 0 Å². The van der Waals surface area contributed by atoms with Gasteiger partial charge in [0.05, 0.1) is 12.0 Å². The van der Waals surface area contributed by atoms with E-state index in [1.807, 2.05) is 19.9 Å². The lowest BCUT2D eigenvalue weighted by molar-refractivity contribution is 0.678. The van der Waals surface area contributed by atoms with E-state index in [4.69, 9.17) is 5.26 Å². The molecule has 1 aromatic heterocycles. The van der Waals surface area contributed by atoms with E-state index in [9.17, 15) is 0 Å². The third-order valence-electron chi connectivity index (χ3n) is 2.41. The summed E-state index contributed by atoms with van der Waals surface area (Å²) in [5, 5.41) is 8.83. The highest BCUT2D eigenvalue weighted by molar-refractivity contribution is 9.10. The first-order chi connectivity index (χ1) is 7.58. The number of aromatic nitrogens is 1. The summed E-state index contributed by atoms with van der Waals surface area (Å²) in [4.78, 5) is 6.54. The van der Waals surface area contributed by atoms with E-state index in [0.29, 0.717) is 0 Å². The molecule has 3 nitrogen and oxygen atoms in total. The van der Waals surface area contributed by atoms with Crippen molar-refractivity contribution in [3.63, 3.8) is 0 Å². The molecule has 0 aromatic carbocycles. The fourth-order valence-electron chi connectivity index (χ4n) is 1.60. The van der Waals surface area contributed by atoms with Crippen LogP contribution in [0.25, 0.3) is 0 Å². The molecule has 86 valence electrons. The molecule has 4 heteroatoms. The number of aryl methyl sites for hydroxylation is 1. The van der Waals surface area contributed by atoms with Crippen LogP contribution in [0, 0.1) is 24.2 Å². The zero-order chi connectivity index (χ0) is 12.1. The zero-order valence-electron chi connectivity index (χ0n) is 9.87. The number of nitrogens with zero attached hydrogens (tertiary/aromatic N) is 3. The van der Waals surface area contributed by atoms with E-state index in [2.05, 4.69) is 38.8 Å². The highest BCUT2D eigenvalue weighted by atomic mass is 79.9. The largest absolute Gasteiger partial charge is 0.355 e. The van der Waals surface area contributed by atoms with Crippen LogP contribution in [0.15, 0.2) is 16.7 Å². The van der Waals surface area contributed by atoms with Crippen LogP contribution >= 0.6 is 15.9 Å². The molecule has 0 amide bonds. The molecule has 1 atom stereocenters. The summed E-state index contributed by atoms with van der Waals surface area (Å²) in [6, 6.07) is 4.30. The summed E-state index contributed by atoms with van der Waals surface area (Å²) >= 11 is 3.40. The number of nitriles is 1. The second-order valence-corrected chi connectivity index (χ2v) is 4.78. The van der Waals surface area contributed by atoms with E-state index in [-0.39, 0.29) is 5.92 Å². The molecular formula is C12H16BrN3. The molecule has 0 saturated carbocycles. The maximum Gasteiger partial charge on any atom is 0.131 e. The van der Waals surface area contributed by atoms with Gasteiger partial charge >= 0.3 is 0 Å². The first-order valence-electron chi connectivity index (χ1n) is 5.35. The Morgan fingerprint density at radius 1 is 1.62 bits per heavy atom. The van der Waals surface area contributed by atoms with Crippen LogP contribution < -0.4 is 4.90 Å². The van der Waals surface area contributed by atoms with Crippen molar-refractivity contribution in [2.75, 3.05) is 18.0 Å². The van der Waals surface area contributed by atoms with Crippen LogP contribution in [0.5, 0.6) is 0 Å². The van der Waals surface area contributed by atoms with Crippen molar-refractivity contribution in [3.05, 3.63) is 22.3 Å². The third-order valence-corrected chi connectivity index (χ3v) is 2.85. The average Bonchev–Trinajstić information content (AvgIpc) is 2.26. The Balaban J connectivity index is 2.91. The SMILES string of the molecule is CCN(CC(C)C#N)c1ncc(Br)cc1C. The van der Waals surface area contributed by atoms with Gasteiger partial charge in [-0.05, 0) is 48.3 Å². The molecule has 0 spiro atoms. The summed E-state index contributed by atoms with van der Waals surface area (Å²) in [5.74, 6) is 0.984. The molecule has 1 heterocycles. The lowest BCUT2D eigenvalue weighted by Crippen LogP contribution is -2.29. The normalized spacial score (nSPS) is 11.9. The molecule has 1 rings (SSSR count). The minimum Gasteiger partial charge on any atom is -0.355 e. The van der Waals surface area contributed by atoms with Crippen LogP contribution in [-0.2, 0) is 0 Å². The molecule has 0 bridgehead atoms. The first-order valence-corrected chi connectivity index (χ1v) is 6.14. The van der Waals surface area contributed by atoms with Gasteiger partial charge in [-0.2, -0.15) is 5.26 Å². The zero-order valence-corrected chi connectivity index (χ0v) is 11.5. The molecule has 1 unspecified atom stereocenters. The van der Waals surface area contributed by atoms with Gasteiger partial charge in [0.25, 0.3) is 0 Å². The number of halogens is 1.